The first-order chi connectivity index (χ1) is 7.26. The van der Waals surface area contributed by atoms with E-state index in [0.717, 1.165) is 16.7 Å². The SMILES string of the molecule is COc1ccc2ncc(N)c(CO)c2c1. The van der Waals surface area contributed by atoms with Crippen LogP contribution >= 0.6 is 0 Å². The van der Waals surface area contributed by atoms with Crippen LogP contribution in [0, 0.1) is 0 Å². The third-order valence-corrected chi connectivity index (χ3v) is 2.38. The van der Waals surface area contributed by atoms with Gasteiger partial charge in [0.1, 0.15) is 5.75 Å². The van der Waals surface area contributed by atoms with Gasteiger partial charge in [-0.1, -0.05) is 0 Å². The van der Waals surface area contributed by atoms with Crippen LogP contribution in [0.5, 0.6) is 5.75 Å². The van der Waals surface area contributed by atoms with E-state index in [4.69, 9.17) is 10.5 Å². The Hall–Kier alpha value is -1.81. The number of fused-ring (bicyclic) bond motifs is 1. The molecule has 0 saturated carbocycles. The van der Waals surface area contributed by atoms with Gasteiger partial charge in [0.05, 0.1) is 31.1 Å². The zero-order valence-corrected chi connectivity index (χ0v) is 8.40. The lowest BCUT2D eigenvalue weighted by Gasteiger charge is -2.08. The molecule has 2 aromatic rings. The fourth-order valence-corrected chi connectivity index (χ4v) is 1.55. The van der Waals surface area contributed by atoms with E-state index in [1.54, 1.807) is 13.3 Å². The highest BCUT2D eigenvalue weighted by molar-refractivity contribution is 5.87. The van der Waals surface area contributed by atoms with Gasteiger partial charge in [-0.25, -0.2) is 0 Å². The van der Waals surface area contributed by atoms with Gasteiger partial charge in [-0.15, -0.1) is 0 Å². The van der Waals surface area contributed by atoms with Crippen LogP contribution < -0.4 is 10.5 Å². The van der Waals surface area contributed by atoms with E-state index in [-0.39, 0.29) is 6.61 Å². The third kappa shape index (κ3) is 1.59. The van der Waals surface area contributed by atoms with Gasteiger partial charge in [0, 0.05) is 10.9 Å². The molecule has 0 saturated heterocycles. The van der Waals surface area contributed by atoms with Crippen molar-refractivity contribution in [3.05, 3.63) is 30.0 Å². The Bertz CT molecular complexity index is 497. The fraction of sp³-hybridized carbons (Fsp3) is 0.182. The monoisotopic (exact) mass is 204 g/mol. The summed E-state index contributed by atoms with van der Waals surface area (Å²) in [5.74, 6) is 0.726. The van der Waals surface area contributed by atoms with Crippen molar-refractivity contribution in [2.75, 3.05) is 12.8 Å². The van der Waals surface area contributed by atoms with Crippen molar-refractivity contribution >= 4 is 16.6 Å². The number of anilines is 1. The summed E-state index contributed by atoms with van der Waals surface area (Å²) < 4.78 is 5.11. The Morgan fingerprint density at radius 3 is 2.93 bits per heavy atom. The van der Waals surface area contributed by atoms with Crippen LogP contribution in [-0.4, -0.2) is 17.2 Å². The first-order valence-corrected chi connectivity index (χ1v) is 4.58. The molecule has 3 N–H and O–H groups in total. The number of nitrogens with two attached hydrogens (primary N) is 1. The summed E-state index contributed by atoms with van der Waals surface area (Å²) in [4.78, 5) is 4.17. The molecule has 0 bridgehead atoms. The average molecular weight is 204 g/mol. The maximum absolute atomic E-state index is 9.23. The van der Waals surface area contributed by atoms with Gasteiger partial charge in [0.15, 0.2) is 0 Å². The molecule has 0 aliphatic heterocycles. The zero-order valence-electron chi connectivity index (χ0n) is 8.40. The highest BCUT2D eigenvalue weighted by atomic mass is 16.5. The summed E-state index contributed by atoms with van der Waals surface area (Å²) >= 11 is 0. The molecule has 1 aromatic heterocycles. The number of nitrogen functional groups attached to an aromatic ring is 1. The Morgan fingerprint density at radius 2 is 2.27 bits per heavy atom. The van der Waals surface area contributed by atoms with Crippen LogP contribution in [0.25, 0.3) is 10.9 Å². The number of methoxy groups -OCH3 is 1. The number of benzene rings is 1. The Balaban J connectivity index is 2.76. The van der Waals surface area contributed by atoms with Crippen LogP contribution in [0.2, 0.25) is 0 Å². The highest BCUT2D eigenvalue weighted by Gasteiger charge is 2.06. The predicted molar refractivity (Wildman–Crippen MR) is 58.6 cm³/mol. The summed E-state index contributed by atoms with van der Waals surface area (Å²) in [5.41, 5.74) is 7.72. The molecule has 0 aliphatic rings. The number of aliphatic hydroxyl groups excluding tert-OH is 1. The minimum Gasteiger partial charge on any atom is -0.497 e. The second-order valence-corrected chi connectivity index (χ2v) is 3.23. The number of pyridine rings is 1. The van der Waals surface area contributed by atoms with Gasteiger partial charge in [0.25, 0.3) is 0 Å². The number of hydrogen-bond acceptors (Lipinski definition) is 4. The summed E-state index contributed by atoms with van der Waals surface area (Å²) in [6.45, 7) is -0.0992. The maximum Gasteiger partial charge on any atom is 0.119 e. The first kappa shape index (κ1) is 9.73. The second-order valence-electron chi connectivity index (χ2n) is 3.23. The van der Waals surface area contributed by atoms with Crippen molar-refractivity contribution in [2.45, 2.75) is 6.61 Å². The smallest absolute Gasteiger partial charge is 0.119 e. The van der Waals surface area contributed by atoms with Crippen LogP contribution in [0.3, 0.4) is 0 Å². The molecule has 2 rings (SSSR count). The second kappa shape index (κ2) is 3.74. The van der Waals surface area contributed by atoms with E-state index in [9.17, 15) is 5.11 Å². The molecule has 0 amide bonds. The molecule has 1 aromatic carbocycles. The summed E-state index contributed by atoms with van der Waals surface area (Å²) in [5, 5.41) is 10.1. The van der Waals surface area contributed by atoms with Crippen LogP contribution in [0.4, 0.5) is 5.69 Å². The van der Waals surface area contributed by atoms with E-state index in [1.165, 1.54) is 0 Å². The quantitative estimate of drug-likeness (QED) is 0.774. The number of hydrogen-bond donors (Lipinski definition) is 2. The van der Waals surface area contributed by atoms with Gasteiger partial charge in [-0.3, -0.25) is 4.98 Å². The van der Waals surface area contributed by atoms with Crippen LogP contribution in [0.1, 0.15) is 5.56 Å². The molecule has 4 heteroatoms. The van der Waals surface area contributed by atoms with E-state index in [2.05, 4.69) is 4.98 Å². The number of nitrogens with zero attached hydrogens (tertiary/aromatic N) is 1. The van der Waals surface area contributed by atoms with Crippen LogP contribution in [-0.2, 0) is 6.61 Å². The molecule has 15 heavy (non-hydrogen) atoms. The maximum atomic E-state index is 9.23. The lowest BCUT2D eigenvalue weighted by Crippen LogP contribution is -1.97. The number of aromatic nitrogens is 1. The molecular formula is C11H12N2O2. The van der Waals surface area contributed by atoms with Crippen molar-refractivity contribution in [2.24, 2.45) is 0 Å². The molecule has 78 valence electrons. The fourth-order valence-electron chi connectivity index (χ4n) is 1.55. The van der Waals surface area contributed by atoms with Gasteiger partial charge in [-0.05, 0) is 18.2 Å². The molecule has 0 spiro atoms. The van der Waals surface area contributed by atoms with E-state index in [0.29, 0.717) is 11.3 Å². The molecule has 1 heterocycles. The molecule has 0 atom stereocenters. The predicted octanol–water partition coefficient (Wildman–Crippen LogP) is 1.32. The minimum atomic E-state index is -0.0992. The zero-order chi connectivity index (χ0) is 10.8. The Kier molecular flexibility index (Phi) is 2.43. The number of aliphatic hydroxyl groups is 1. The van der Waals surface area contributed by atoms with Crippen LogP contribution in [0.15, 0.2) is 24.4 Å². The average Bonchev–Trinajstić information content (AvgIpc) is 2.28. The van der Waals surface area contributed by atoms with Crippen molar-refractivity contribution in [1.29, 1.82) is 0 Å². The van der Waals surface area contributed by atoms with Gasteiger partial charge in [0.2, 0.25) is 0 Å². The molecule has 0 unspecified atom stereocenters. The van der Waals surface area contributed by atoms with E-state index in [1.807, 2.05) is 18.2 Å². The molecule has 0 fully saturated rings. The number of rotatable bonds is 2. The van der Waals surface area contributed by atoms with Gasteiger partial charge >= 0.3 is 0 Å². The summed E-state index contributed by atoms with van der Waals surface area (Å²) in [6, 6.07) is 5.49. The van der Waals surface area contributed by atoms with Crippen molar-refractivity contribution in [3.63, 3.8) is 0 Å². The third-order valence-electron chi connectivity index (χ3n) is 2.38. The van der Waals surface area contributed by atoms with Crippen molar-refractivity contribution in [3.8, 4) is 5.75 Å². The lowest BCUT2D eigenvalue weighted by atomic mass is 10.1. The van der Waals surface area contributed by atoms with E-state index < -0.39 is 0 Å². The molecule has 0 aliphatic carbocycles. The summed E-state index contributed by atoms with van der Waals surface area (Å²) in [6.07, 6.45) is 1.56. The molecule has 0 radical (unpaired) electrons. The lowest BCUT2D eigenvalue weighted by molar-refractivity contribution is 0.284. The summed E-state index contributed by atoms with van der Waals surface area (Å²) in [7, 11) is 1.60. The normalized spacial score (nSPS) is 10.5. The van der Waals surface area contributed by atoms with Crippen molar-refractivity contribution in [1.82, 2.24) is 4.98 Å². The van der Waals surface area contributed by atoms with Gasteiger partial charge in [-0.2, -0.15) is 0 Å². The van der Waals surface area contributed by atoms with E-state index >= 15 is 0 Å². The molecular weight excluding hydrogens is 192 g/mol. The highest BCUT2D eigenvalue weighted by Crippen LogP contribution is 2.25. The van der Waals surface area contributed by atoms with Crippen molar-refractivity contribution < 1.29 is 9.84 Å². The standard InChI is InChI=1S/C11H12N2O2/c1-15-7-2-3-11-8(4-7)9(6-14)10(12)5-13-11/h2-5,14H,6,12H2,1H3. The Morgan fingerprint density at radius 1 is 1.47 bits per heavy atom. The minimum absolute atomic E-state index is 0.0992. The topological polar surface area (TPSA) is 68.4 Å². The number of ether oxygens (including phenoxy) is 1. The molecule has 4 nitrogen and oxygen atoms in total. The largest absolute Gasteiger partial charge is 0.497 e. The first-order valence-electron chi connectivity index (χ1n) is 4.58. The van der Waals surface area contributed by atoms with Gasteiger partial charge < -0.3 is 15.6 Å². The Labute approximate surface area is 87.3 Å².